The molecule has 1 heterocycles. The van der Waals surface area contributed by atoms with Crippen molar-refractivity contribution in [3.05, 3.63) is 27.9 Å². The van der Waals surface area contributed by atoms with Crippen molar-refractivity contribution in [2.45, 2.75) is 6.54 Å². The van der Waals surface area contributed by atoms with E-state index in [-0.39, 0.29) is 18.1 Å². The highest BCUT2D eigenvalue weighted by Crippen LogP contribution is 2.15. The maximum atomic E-state index is 10.3. The molecule has 6 nitrogen and oxygen atoms in total. The van der Waals surface area contributed by atoms with Gasteiger partial charge in [0.2, 0.25) is 0 Å². The summed E-state index contributed by atoms with van der Waals surface area (Å²) < 4.78 is 0. The minimum absolute atomic E-state index is 0.0929. The number of pyridine rings is 1. The molecule has 0 aromatic carbocycles. The summed E-state index contributed by atoms with van der Waals surface area (Å²) >= 11 is 0. The van der Waals surface area contributed by atoms with E-state index in [2.05, 4.69) is 4.98 Å². The fourth-order valence-electron chi connectivity index (χ4n) is 0.772. The normalized spacial score (nSPS) is 9.75. The standard InChI is InChI=1S/C6H8N4O2/c7-2-4-1-5(10(11)12)3-9-6(4)8/h1,3H,2,7H2,(H2,8,9). The second-order valence-corrected chi connectivity index (χ2v) is 2.20. The van der Waals surface area contributed by atoms with Crippen LogP contribution in [-0.2, 0) is 6.54 Å². The monoisotopic (exact) mass is 168 g/mol. The van der Waals surface area contributed by atoms with E-state index in [0.29, 0.717) is 5.56 Å². The molecular formula is C6H8N4O2. The van der Waals surface area contributed by atoms with E-state index in [4.69, 9.17) is 11.5 Å². The number of nitro groups is 1. The van der Waals surface area contributed by atoms with Crippen LogP contribution in [0.4, 0.5) is 11.5 Å². The molecule has 0 saturated heterocycles. The first kappa shape index (κ1) is 8.41. The summed E-state index contributed by atoms with van der Waals surface area (Å²) in [6, 6.07) is 1.32. The molecule has 0 radical (unpaired) electrons. The maximum absolute atomic E-state index is 10.3. The lowest BCUT2D eigenvalue weighted by Gasteiger charge is -1.99. The fourth-order valence-corrected chi connectivity index (χ4v) is 0.772. The predicted octanol–water partition coefficient (Wildman–Crippen LogP) is 0.0307. The Hall–Kier alpha value is -1.69. The first-order chi connectivity index (χ1) is 5.65. The van der Waals surface area contributed by atoms with Crippen molar-refractivity contribution in [2.75, 3.05) is 5.73 Å². The van der Waals surface area contributed by atoms with Crippen molar-refractivity contribution >= 4 is 11.5 Å². The first-order valence-electron chi connectivity index (χ1n) is 3.24. The van der Waals surface area contributed by atoms with Gasteiger partial charge in [-0.05, 0) is 0 Å². The molecule has 0 saturated carbocycles. The summed E-state index contributed by atoms with van der Waals surface area (Å²) in [5.41, 5.74) is 11.1. The Morgan fingerprint density at radius 2 is 2.33 bits per heavy atom. The number of nitrogen functional groups attached to an aromatic ring is 1. The smallest absolute Gasteiger partial charge is 0.288 e. The lowest BCUT2D eigenvalue weighted by molar-refractivity contribution is -0.385. The van der Waals surface area contributed by atoms with Crippen LogP contribution < -0.4 is 11.5 Å². The lowest BCUT2D eigenvalue weighted by Crippen LogP contribution is -2.04. The number of hydrogen-bond donors (Lipinski definition) is 2. The lowest BCUT2D eigenvalue weighted by atomic mass is 10.2. The molecule has 0 aliphatic carbocycles. The summed E-state index contributed by atoms with van der Waals surface area (Å²) in [7, 11) is 0. The molecular weight excluding hydrogens is 160 g/mol. The van der Waals surface area contributed by atoms with Crippen LogP contribution in [0.2, 0.25) is 0 Å². The van der Waals surface area contributed by atoms with Crippen LogP contribution in [0.3, 0.4) is 0 Å². The number of aromatic nitrogens is 1. The quantitative estimate of drug-likeness (QED) is 0.478. The van der Waals surface area contributed by atoms with Crippen LogP contribution in [-0.4, -0.2) is 9.91 Å². The Labute approximate surface area is 68.3 Å². The van der Waals surface area contributed by atoms with E-state index in [9.17, 15) is 10.1 Å². The Bertz CT molecular complexity index is 312. The van der Waals surface area contributed by atoms with Gasteiger partial charge in [0.1, 0.15) is 12.0 Å². The van der Waals surface area contributed by atoms with Gasteiger partial charge >= 0.3 is 0 Å². The van der Waals surface area contributed by atoms with Crippen molar-refractivity contribution < 1.29 is 4.92 Å². The molecule has 0 bridgehead atoms. The third kappa shape index (κ3) is 1.48. The Kier molecular flexibility index (Phi) is 2.20. The second kappa shape index (κ2) is 3.14. The minimum atomic E-state index is -0.536. The second-order valence-electron chi connectivity index (χ2n) is 2.20. The molecule has 1 rings (SSSR count). The van der Waals surface area contributed by atoms with Crippen LogP contribution in [0.25, 0.3) is 0 Å². The summed E-state index contributed by atoms with van der Waals surface area (Å²) in [6.45, 7) is 0.153. The third-order valence-electron chi connectivity index (χ3n) is 1.42. The van der Waals surface area contributed by atoms with E-state index in [1.807, 2.05) is 0 Å². The highest BCUT2D eigenvalue weighted by molar-refractivity contribution is 5.45. The maximum Gasteiger partial charge on any atom is 0.288 e. The van der Waals surface area contributed by atoms with Gasteiger partial charge in [0, 0.05) is 18.2 Å². The molecule has 0 aliphatic rings. The summed E-state index contributed by atoms with van der Waals surface area (Å²) in [5.74, 6) is 0.239. The largest absolute Gasteiger partial charge is 0.383 e. The Morgan fingerprint density at radius 1 is 1.67 bits per heavy atom. The summed E-state index contributed by atoms with van der Waals surface area (Å²) in [6.07, 6.45) is 1.11. The van der Waals surface area contributed by atoms with Gasteiger partial charge in [-0.3, -0.25) is 10.1 Å². The van der Waals surface area contributed by atoms with E-state index >= 15 is 0 Å². The topological polar surface area (TPSA) is 108 Å². The van der Waals surface area contributed by atoms with Gasteiger partial charge in [-0.2, -0.15) is 0 Å². The molecule has 1 aromatic heterocycles. The van der Waals surface area contributed by atoms with Gasteiger partial charge in [0.05, 0.1) is 4.92 Å². The molecule has 0 spiro atoms. The molecule has 12 heavy (non-hydrogen) atoms. The van der Waals surface area contributed by atoms with Gasteiger partial charge in [-0.15, -0.1) is 0 Å². The molecule has 0 aliphatic heterocycles. The average Bonchev–Trinajstić information content (AvgIpc) is 2.05. The minimum Gasteiger partial charge on any atom is -0.383 e. The number of nitrogens with zero attached hydrogens (tertiary/aromatic N) is 2. The number of hydrogen-bond acceptors (Lipinski definition) is 5. The summed E-state index contributed by atoms with van der Waals surface area (Å²) in [5, 5.41) is 10.3. The molecule has 1 aromatic rings. The first-order valence-corrected chi connectivity index (χ1v) is 3.24. The van der Waals surface area contributed by atoms with Crippen molar-refractivity contribution in [1.29, 1.82) is 0 Å². The van der Waals surface area contributed by atoms with Gasteiger partial charge < -0.3 is 11.5 Å². The van der Waals surface area contributed by atoms with Crippen LogP contribution in [0.5, 0.6) is 0 Å². The molecule has 0 fully saturated rings. The van der Waals surface area contributed by atoms with Gasteiger partial charge in [0.25, 0.3) is 5.69 Å². The van der Waals surface area contributed by atoms with Gasteiger partial charge in [-0.25, -0.2) is 4.98 Å². The van der Waals surface area contributed by atoms with Crippen molar-refractivity contribution in [3.8, 4) is 0 Å². The Morgan fingerprint density at radius 3 is 2.83 bits per heavy atom. The zero-order chi connectivity index (χ0) is 9.14. The Balaban J connectivity index is 3.13. The summed E-state index contributed by atoms with van der Waals surface area (Å²) in [4.78, 5) is 13.4. The van der Waals surface area contributed by atoms with Gasteiger partial charge in [-0.1, -0.05) is 0 Å². The molecule has 0 amide bonds. The SMILES string of the molecule is NCc1cc([N+](=O)[O-])cnc1N. The zero-order valence-corrected chi connectivity index (χ0v) is 6.23. The van der Waals surface area contributed by atoms with E-state index in [1.165, 1.54) is 6.07 Å². The fraction of sp³-hybridized carbons (Fsp3) is 0.167. The van der Waals surface area contributed by atoms with Gasteiger partial charge in [0.15, 0.2) is 0 Å². The van der Waals surface area contributed by atoms with Crippen LogP contribution in [0.1, 0.15) is 5.56 Å². The average molecular weight is 168 g/mol. The number of nitrogens with two attached hydrogens (primary N) is 2. The molecule has 0 unspecified atom stereocenters. The highest BCUT2D eigenvalue weighted by Gasteiger charge is 2.08. The molecule has 4 N–H and O–H groups in total. The van der Waals surface area contributed by atoms with Crippen LogP contribution >= 0.6 is 0 Å². The van der Waals surface area contributed by atoms with Crippen molar-refractivity contribution in [2.24, 2.45) is 5.73 Å². The molecule has 64 valence electrons. The highest BCUT2D eigenvalue weighted by atomic mass is 16.6. The van der Waals surface area contributed by atoms with Crippen LogP contribution in [0.15, 0.2) is 12.3 Å². The number of rotatable bonds is 2. The number of anilines is 1. The predicted molar refractivity (Wildman–Crippen MR) is 43.2 cm³/mol. The van der Waals surface area contributed by atoms with Crippen molar-refractivity contribution in [3.63, 3.8) is 0 Å². The molecule has 0 atom stereocenters. The third-order valence-corrected chi connectivity index (χ3v) is 1.42. The van der Waals surface area contributed by atoms with E-state index in [0.717, 1.165) is 6.20 Å². The van der Waals surface area contributed by atoms with Crippen molar-refractivity contribution in [1.82, 2.24) is 4.98 Å². The van der Waals surface area contributed by atoms with E-state index in [1.54, 1.807) is 0 Å². The molecule has 6 heteroatoms. The van der Waals surface area contributed by atoms with Crippen LogP contribution in [0, 0.1) is 10.1 Å². The zero-order valence-electron chi connectivity index (χ0n) is 6.23. The van der Waals surface area contributed by atoms with E-state index < -0.39 is 4.92 Å².